The molecule has 0 fully saturated rings. The summed E-state index contributed by atoms with van der Waals surface area (Å²) < 4.78 is 3.68. The molecule has 1 amide bonds. The predicted molar refractivity (Wildman–Crippen MR) is 145 cm³/mol. The topological polar surface area (TPSA) is 72.2 Å². The van der Waals surface area contributed by atoms with Crippen molar-refractivity contribution in [3.8, 4) is 17.1 Å². The molecule has 6 nitrogen and oxygen atoms in total. The van der Waals surface area contributed by atoms with E-state index in [0.29, 0.717) is 11.0 Å². The fourth-order valence-corrected chi connectivity index (χ4v) is 4.41. The second-order valence-corrected chi connectivity index (χ2v) is 9.78. The van der Waals surface area contributed by atoms with E-state index in [2.05, 4.69) is 52.6 Å². The summed E-state index contributed by atoms with van der Waals surface area (Å²) in [5.41, 5.74) is 5.43. The highest BCUT2D eigenvalue weighted by Gasteiger charge is 2.17. The zero-order chi connectivity index (χ0) is 23.8. The Morgan fingerprint density at radius 1 is 0.971 bits per heavy atom. The van der Waals surface area contributed by atoms with Gasteiger partial charge in [-0.15, -0.1) is 10.2 Å². The van der Waals surface area contributed by atoms with Crippen LogP contribution in [0.1, 0.15) is 5.56 Å². The Kier molecular flexibility index (Phi) is 8.46. The van der Waals surface area contributed by atoms with Gasteiger partial charge in [-0.1, -0.05) is 88.4 Å². The van der Waals surface area contributed by atoms with Crippen LogP contribution < -0.4 is 5.43 Å². The average molecular weight is 597 g/mol. The number of halogens is 2. The Hall–Kier alpha value is -3.01. The summed E-state index contributed by atoms with van der Waals surface area (Å²) in [6, 6.07) is 27.5. The number of hydrogen-bond acceptors (Lipinski definition) is 5. The number of nitrogens with one attached hydrogen (secondary N) is 1. The van der Waals surface area contributed by atoms with Crippen LogP contribution in [0.25, 0.3) is 23.2 Å². The number of hydrogen-bond donors (Lipinski definition) is 1. The van der Waals surface area contributed by atoms with Gasteiger partial charge in [0.1, 0.15) is 0 Å². The SMILES string of the molecule is O=C(CSc1nnc(-c2ccc(Br)cc2)n1-c1ccccc1)N/N=C/C(Br)=C/c1ccccc1. The number of hydrazone groups is 1. The van der Waals surface area contributed by atoms with Crippen LogP contribution >= 0.6 is 43.6 Å². The number of para-hydroxylation sites is 1. The highest BCUT2D eigenvalue weighted by molar-refractivity contribution is 9.12. The van der Waals surface area contributed by atoms with Crippen molar-refractivity contribution in [2.75, 3.05) is 5.75 Å². The Morgan fingerprint density at radius 2 is 1.65 bits per heavy atom. The molecule has 0 radical (unpaired) electrons. The van der Waals surface area contributed by atoms with E-state index >= 15 is 0 Å². The Bertz CT molecular complexity index is 1310. The minimum atomic E-state index is -0.242. The molecule has 34 heavy (non-hydrogen) atoms. The van der Waals surface area contributed by atoms with Gasteiger partial charge in [0.25, 0.3) is 5.91 Å². The van der Waals surface area contributed by atoms with E-state index < -0.39 is 0 Å². The van der Waals surface area contributed by atoms with Gasteiger partial charge < -0.3 is 0 Å². The van der Waals surface area contributed by atoms with Gasteiger partial charge in [-0.05, 0) is 51.8 Å². The number of nitrogens with zero attached hydrogens (tertiary/aromatic N) is 4. The summed E-state index contributed by atoms with van der Waals surface area (Å²) >= 11 is 8.20. The summed E-state index contributed by atoms with van der Waals surface area (Å²) in [4.78, 5) is 12.4. The summed E-state index contributed by atoms with van der Waals surface area (Å²) in [6.45, 7) is 0. The summed E-state index contributed by atoms with van der Waals surface area (Å²) in [7, 11) is 0. The molecule has 0 aliphatic heterocycles. The fraction of sp³-hybridized carbons (Fsp3) is 0.0400. The van der Waals surface area contributed by atoms with E-state index in [4.69, 9.17) is 0 Å². The lowest BCUT2D eigenvalue weighted by Gasteiger charge is -2.10. The number of benzene rings is 3. The van der Waals surface area contributed by atoms with E-state index in [0.717, 1.165) is 25.8 Å². The number of rotatable bonds is 8. The summed E-state index contributed by atoms with van der Waals surface area (Å²) in [5, 5.41) is 13.4. The van der Waals surface area contributed by atoms with E-state index in [1.54, 1.807) is 6.21 Å². The lowest BCUT2D eigenvalue weighted by molar-refractivity contribution is -0.118. The Balaban J connectivity index is 1.45. The molecule has 0 bridgehead atoms. The molecule has 0 atom stereocenters. The van der Waals surface area contributed by atoms with Crippen molar-refractivity contribution in [2.45, 2.75) is 5.16 Å². The highest BCUT2D eigenvalue weighted by atomic mass is 79.9. The van der Waals surface area contributed by atoms with Crippen molar-refractivity contribution in [2.24, 2.45) is 5.10 Å². The summed E-state index contributed by atoms with van der Waals surface area (Å²) in [5.74, 6) is 0.603. The normalized spacial score (nSPS) is 11.6. The van der Waals surface area contributed by atoms with Gasteiger partial charge in [-0.3, -0.25) is 9.36 Å². The van der Waals surface area contributed by atoms with Crippen molar-refractivity contribution in [3.05, 3.63) is 99.4 Å². The molecule has 4 rings (SSSR count). The predicted octanol–water partition coefficient (Wildman–Crippen LogP) is 6.33. The van der Waals surface area contributed by atoms with Crippen molar-refractivity contribution in [3.63, 3.8) is 0 Å². The molecule has 0 unspecified atom stereocenters. The Labute approximate surface area is 218 Å². The number of carbonyl (C=O) groups is 1. The van der Waals surface area contributed by atoms with Crippen LogP contribution in [0.4, 0.5) is 0 Å². The molecular weight excluding hydrogens is 578 g/mol. The molecule has 9 heteroatoms. The van der Waals surface area contributed by atoms with Crippen LogP contribution in [-0.2, 0) is 4.79 Å². The minimum Gasteiger partial charge on any atom is -0.272 e. The van der Waals surface area contributed by atoms with Crippen LogP contribution in [0, 0.1) is 0 Å². The van der Waals surface area contributed by atoms with E-state index in [1.807, 2.05) is 95.6 Å². The molecule has 1 aromatic heterocycles. The molecule has 0 aliphatic rings. The third-order valence-corrected chi connectivity index (χ3v) is 6.46. The molecule has 4 aromatic rings. The van der Waals surface area contributed by atoms with Gasteiger partial charge in [0.2, 0.25) is 0 Å². The van der Waals surface area contributed by atoms with Gasteiger partial charge in [-0.2, -0.15) is 5.10 Å². The minimum absolute atomic E-state index is 0.142. The van der Waals surface area contributed by atoms with Crippen LogP contribution in [0.5, 0.6) is 0 Å². The zero-order valence-electron chi connectivity index (χ0n) is 17.8. The van der Waals surface area contributed by atoms with Crippen LogP contribution in [0.3, 0.4) is 0 Å². The van der Waals surface area contributed by atoms with Crippen molar-refractivity contribution < 1.29 is 4.79 Å². The standard InChI is InChI=1S/C25H19Br2N5OS/c26-20-13-11-19(12-14-20)24-30-31-25(32(24)22-9-5-2-6-10-22)34-17-23(33)29-28-16-21(27)15-18-7-3-1-4-8-18/h1-16H,17H2,(H,29,33)/b21-15-,28-16+. The van der Waals surface area contributed by atoms with Gasteiger partial charge in [0.05, 0.1) is 12.0 Å². The lowest BCUT2D eigenvalue weighted by atomic mass is 10.2. The number of allylic oxidation sites excluding steroid dienone is 1. The average Bonchev–Trinajstić information content (AvgIpc) is 3.28. The van der Waals surface area contributed by atoms with Crippen LogP contribution in [0.15, 0.2) is 104 Å². The van der Waals surface area contributed by atoms with Crippen molar-refractivity contribution >= 4 is 61.8 Å². The van der Waals surface area contributed by atoms with Crippen molar-refractivity contribution in [1.29, 1.82) is 0 Å². The monoisotopic (exact) mass is 595 g/mol. The van der Waals surface area contributed by atoms with Crippen LogP contribution in [-0.4, -0.2) is 32.6 Å². The Morgan fingerprint density at radius 3 is 2.35 bits per heavy atom. The first kappa shape index (κ1) is 24.1. The lowest BCUT2D eigenvalue weighted by Crippen LogP contribution is -2.19. The number of thioether (sulfide) groups is 1. The largest absolute Gasteiger partial charge is 0.272 e. The van der Waals surface area contributed by atoms with E-state index in [9.17, 15) is 4.79 Å². The molecule has 0 aliphatic carbocycles. The number of carbonyl (C=O) groups excluding carboxylic acids is 1. The fourth-order valence-electron chi connectivity index (χ4n) is 3.03. The maximum atomic E-state index is 12.4. The molecule has 1 heterocycles. The maximum Gasteiger partial charge on any atom is 0.250 e. The zero-order valence-corrected chi connectivity index (χ0v) is 21.8. The number of aromatic nitrogens is 3. The first-order valence-electron chi connectivity index (χ1n) is 10.2. The van der Waals surface area contributed by atoms with Gasteiger partial charge >= 0.3 is 0 Å². The third-order valence-electron chi connectivity index (χ3n) is 4.56. The maximum absolute atomic E-state index is 12.4. The van der Waals surface area contributed by atoms with Gasteiger partial charge in [-0.25, -0.2) is 5.43 Å². The van der Waals surface area contributed by atoms with Crippen molar-refractivity contribution in [1.82, 2.24) is 20.2 Å². The third kappa shape index (κ3) is 6.53. The van der Waals surface area contributed by atoms with Crippen LogP contribution in [0.2, 0.25) is 0 Å². The number of amides is 1. The second kappa shape index (κ2) is 11.9. The molecule has 0 spiro atoms. The second-order valence-electron chi connectivity index (χ2n) is 7.01. The molecule has 0 saturated carbocycles. The molecule has 3 aromatic carbocycles. The van der Waals surface area contributed by atoms with Gasteiger partial charge in [0.15, 0.2) is 11.0 Å². The first-order valence-corrected chi connectivity index (χ1v) is 12.8. The first-order chi connectivity index (χ1) is 16.6. The highest BCUT2D eigenvalue weighted by Crippen LogP contribution is 2.28. The van der Waals surface area contributed by atoms with E-state index in [-0.39, 0.29) is 11.7 Å². The summed E-state index contributed by atoms with van der Waals surface area (Å²) in [6.07, 6.45) is 3.46. The quantitative estimate of drug-likeness (QED) is 0.147. The smallest absolute Gasteiger partial charge is 0.250 e. The molecule has 0 saturated heterocycles. The molecule has 1 N–H and O–H groups in total. The molecule has 170 valence electrons. The molecular formula is C25H19Br2N5OS. The van der Waals surface area contributed by atoms with Gasteiger partial charge in [0, 0.05) is 20.2 Å². The van der Waals surface area contributed by atoms with E-state index in [1.165, 1.54) is 11.8 Å².